The fraction of sp³-hybridized carbons (Fsp3) is 0.292. The van der Waals surface area contributed by atoms with Crippen molar-refractivity contribution in [1.82, 2.24) is 10.2 Å². The average Bonchev–Trinajstić information content (AvgIpc) is 2.89. The summed E-state index contributed by atoms with van der Waals surface area (Å²) in [5.74, 6) is 1.50. The van der Waals surface area contributed by atoms with Gasteiger partial charge >= 0.3 is 0 Å². The highest BCUT2D eigenvalue weighted by atomic mass is 16.6. The van der Waals surface area contributed by atoms with Crippen LogP contribution in [0.4, 0.5) is 17.2 Å². The van der Waals surface area contributed by atoms with Gasteiger partial charge in [0.05, 0.1) is 36.6 Å². The summed E-state index contributed by atoms with van der Waals surface area (Å²) < 4.78 is 10.4. The van der Waals surface area contributed by atoms with Gasteiger partial charge in [0.25, 0.3) is 5.69 Å². The average molecular weight is 463 g/mol. The van der Waals surface area contributed by atoms with Gasteiger partial charge in [0.1, 0.15) is 11.5 Å². The molecule has 10 heteroatoms. The molecule has 10 nitrogen and oxygen atoms in total. The zero-order chi connectivity index (χ0) is 24.1. The molecule has 0 aliphatic carbocycles. The van der Waals surface area contributed by atoms with E-state index in [0.717, 1.165) is 22.8 Å². The lowest BCUT2D eigenvalue weighted by Crippen LogP contribution is -2.38. The largest absolute Gasteiger partial charge is 0.497 e. The minimum Gasteiger partial charge on any atom is -0.497 e. The molecule has 1 aliphatic rings. The van der Waals surface area contributed by atoms with Gasteiger partial charge in [-0.05, 0) is 55.3 Å². The van der Waals surface area contributed by atoms with Gasteiger partial charge in [-0.15, -0.1) is 10.2 Å². The number of nitro benzene ring substituents is 1. The number of nitrogens with zero attached hydrogens (tertiary/aromatic N) is 4. The molecule has 1 aromatic heterocycles. The van der Waals surface area contributed by atoms with E-state index in [4.69, 9.17) is 9.47 Å². The summed E-state index contributed by atoms with van der Waals surface area (Å²) in [6.07, 6.45) is 1.31. The topological polar surface area (TPSA) is 120 Å². The van der Waals surface area contributed by atoms with E-state index in [1.807, 2.05) is 36.4 Å². The molecule has 1 amide bonds. The molecule has 0 spiro atoms. The number of ether oxygens (including phenoxy) is 2. The van der Waals surface area contributed by atoms with Crippen LogP contribution in [0.2, 0.25) is 0 Å². The highest BCUT2D eigenvalue weighted by Crippen LogP contribution is 2.31. The second kappa shape index (κ2) is 10.2. The zero-order valence-electron chi connectivity index (χ0n) is 18.9. The van der Waals surface area contributed by atoms with Crippen LogP contribution in [0, 0.1) is 16.0 Å². The van der Waals surface area contributed by atoms with Gasteiger partial charge in [-0.25, -0.2) is 0 Å². The zero-order valence-corrected chi connectivity index (χ0v) is 18.9. The molecular weight excluding hydrogens is 438 g/mol. The summed E-state index contributed by atoms with van der Waals surface area (Å²) >= 11 is 0. The highest BCUT2D eigenvalue weighted by Gasteiger charge is 2.27. The summed E-state index contributed by atoms with van der Waals surface area (Å²) in [6.45, 7) is 1.35. The molecule has 0 atom stereocenters. The summed E-state index contributed by atoms with van der Waals surface area (Å²) in [5.41, 5.74) is 2.05. The normalized spacial score (nSPS) is 13.9. The molecule has 34 heavy (non-hydrogen) atoms. The molecule has 0 bridgehead atoms. The predicted octanol–water partition coefficient (Wildman–Crippen LogP) is 3.92. The summed E-state index contributed by atoms with van der Waals surface area (Å²) in [5, 5.41) is 22.5. The molecule has 1 N–H and O–H groups in total. The molecule has 1 saturated heterocycles. The number of nitro groups is 1. The van der Waals surface area contributed by atoms with E-state index in [9.17, 15) is 14.9 Å². The van der Waals surface area contributed by atoms with Crippen LogP contribution in [0.15, 0.2) is 54.6 Å². The Labute approximate surface area is 196 Å². The lowest BCUT2D eigenvalue weighted by Gasteiger charge is -2.31. The van der Waals surface area contributed by atoms with Crippen LogP contribution in [0.25, 0.3) is 11.3 Å². The number of aromatic nitrogens is 2. The smallest absolute Gasteiger partial charge is 0.273 e. The Kier molecular flexibility index (Phi) is 6.86. The van der Waals surface area contributed by atoms with Crippen LogP contribution in [-0.2, 0) is 4.79 Å². The third-order valence-electron chi connectivity index (χ3n) is 5.88. The van der Waals surface area contributed by atoms with E-state index in [1.165, 1.54) is 25.3 Å². The Balaban J connectivity index is 1.35. The van der Waals surface area contributed by atoms with Crippen molar-refractivity contribution >= 4 is 23.1 Å². The van der Waals surface area contributed by atoms with Crippen molar-refractivity contribution in [1.29, 1.82) is 0 Å². The van der Waals surface area contributed by atoms with Crippen molar-refractivity contribution in [2.75, 3.05) is 37.5 Å². The van der Waals surface area contributed by atoms with E-state index in [0.29, 0.717) is 31.6 Å². The number of nitrogens with one attached hydrogen (secondary N) is 1. The maximum Gasteiger partial charge on any atom is 0.273 e. The number of carbonyl (C=O) groups is 1. The molecule has 2 aromatic carbocycles. The summed E-state index contributed by atoms with van der Waals surface area (Å²) in [6, 6.07) is 15.6. The van der Waals surface area contributed by atoms with Crippen LogP contribution >= 0.6 is 0 Å². The number of carbonyl (C=O) groups excluding carboxylic acids is 1. The molecule has 1 aliphatic heterocycles. The summed E-state index contributed by atoms with van der Waals surface area (Å²) in [4.78, 5) is 25.4. The van der Waals surface area contributed by atoms with E-state index in [2.05, 4.69) is 20.4 Å². The van der Waals surface area contributed by atoms with E-state index in [-0.39, 0.29) is 23.3 Å². The maximum atomic E-state index is 12.8. The van der Waals surface area contributed by atoms with Crippen LogP contribution in [-0.4, -0.2) is 48.3 Å². The lowest BCUT2D eigenvalue weighted by molar-refractivity contribution is -0.384. The van der Waals surface area contributed by atoms with Gasteiger partial charge in [0, 0.05) is 30.6 Å². The minimum atomic E-state index is -0.504. The lowest BCUT2D eigenvalue weighted by atomic mass is 9.95. The molecule has 2 heterocycles. The Morgan fingerprint density at radius 2 is 1.76 bits per heavy atom. The molecule has 4 rings (SSSR count). The quantitative estimate of drug-likeness (QED) is 0.413. The monoisotopic (exact) mass is 463 g/mol. The first-order valence-corrected chi connectivity index (χ1v) is 10.8. The Morgan fingerprint density at radius 3 is 2.35 bits per heavy atom. The second-order valence-corrected chi connectivity index (χ2v) is 7.90. The van der Waals surface area contributed by atoms with Crippen molar-refractivity contribution in [3.8, 4) is 22.8 Å². The number of hydrogen-bond donors (Lipinski definition) is 1. The highest BCUT2D eigenvalue weighted by molar-refractivity contribution is 5.94. The van der Waals surface area contributed by atoms with Gasteiger partial charge in [-0.2, -0.15) is 0 Å². The van der Waals surface area contributed by atoms with Gasteiger partial charge in [0.15, 0.2) is 5.82 Å². The fourth-order valence-corrected chi connectivity index (χ4v) is 3.91. The molecule has 1 fully saturated rings. The molecule has 0 saturated carbocycles. The predicted molar refractivity (Wildman–Crippen MR) is 127 cm³/mol. The van der Waals surface area contributed by atoms with Crippen molar-refractivity contribution in [3.63, 3.8) is 0 Å². The number of rotatable bonds is 7. The van der Waals surface area contributed by atoms with Crippen LogP contribution < -0.4 is 19.7 Å². The number of piperidine rings is 1. The van der Waals surface area contributed by atoms with E-state index >= 15 is 0 Å². The van der Waals surface area contributed by atoms with Crippen LogP contribution in [0.3, 0.4) is 0 Å². The van der Waals surface area contributed by atoms with Gasteiger partial charge < -0.3 is 19.7 Å². The third kappa shape index (κ3) is 5.06. The number of hydrogen-bond acceptors (Lipinski definition) is 8. The van der Waals surface area contributed by atoms with Gasteiger partial charge in [-0.1, -0.05) is 0 Å². The van der Waals surface area contributed by atoms with Crippen molar-refractivity contribution in [2.45, 2.75) is 12.8 Å². The number of methoxy groups -OCH3 is 2. The Bertz CT molecular complexity index is 1160. The minimum absolute atomic E-state index is 0.0951. The third-order valence-corrected chi connectivity index (χ3v) is 5.88. The van der Waals surface area contributed by atoms with Gasteiger partial charge in [-0.3, -0.25) is 14.9 Å². The van der Waals surface area contributed by atoms with E-state index in [1.54, 1.807) is 7.11 Å². The molecule has 176 valence electrons. The van der Waals surface area contributed by atoms with Crippen molar-refractivity contribution in [3.05, 3.63) is 64.7 Å². The summed E-state index contributed by atoms with van der Waals surface area (Å²) in [7, 11) is 3.04. The number of amides is 1. The first kappa shape index (κ1) is 23.0. The van der Waals surface area contributed by atoms with Crippen molar-refractivity contribution in [2.24, 2.45) is 5.92 Å². The fourth-order valence-electron chi connectivity index (χ4n) is 3.91. The Morgan fingerprint density at radius 1 is 1.03 bits per heavy atom. The van der Waals surface area contributed by atoms with Crippen LogP contribution in [0.5, 0.6) is 11.5 Å². The maximum absolute atomic E-state index is 12.8. The number of non-ortho nitro benzene ring substituents is 1. The number of benzene rings is 2. The first-order chi connectivity index (χ1) is 16.5. The molecule has 0 unspecified atom stereocenters. The Hall–Kier alpha value is -4.21. The first-order valence-electron chi connectivity index (χ1n) is 10.8. The molecular formula is C24H25N5O5. The second-order valence-electron chi connectivity index (χ2n) is 7.90. The SMILES string of the molecule is COc1ccc(-c2ccc(N3CCC(C(=O)Nc4ccc([N+](=O)[O-])cc4OC)CC3)nn2)cc1. The number of anilines is 2. The van der Waals surface area contributed by atoms with Gasteiger partial charge in [0.2, 0.25) is 5.91 Å². The molecule has 0 radical (unpaired) electrons. The standard InChI is InChI=1S/C24H25N5O5/c1-33-19-6-3-16(4-7-19)20-9-10-23(27-26-20)28-13-11-17(12-14-28)24(30)25-21-8-5-18(29(31)32)15-22(21)34-2/h3-10,15,17H,11-14H2,1-2H3,(H,25,30). The molecule has 3 aromatic rings. The van der Waals surface area contributed by atoms with E-state index < -0.39 is 4.92 Å². The van der Waals surface area contributed by atoms with Crippen molar-refractivity contribution < 1.29 is 19.2 Å². The van der Waals surface area contributed by atoms with Crippen LogP contribution in [0.1, 0.15) is 12.8 Å².